The molecule has 2 atom stereocenters. The molecule has 0 heteroatoms. The Morgan fingerprint density at radius 3 is 1.86 bits per heavy atom. The highest BCUT2D eigenvalue weighted by Crippen LogP contribution is 2.57. The molecule has 2 aromatic rings. The van der Waals surface area contributed by atoms with Gasteiger partial charge in [0.05, 0.1) is 0 Å². The molecule has 0 saturated heterocycles. The van der Waals surface area contributed by atoms with Crippen molar-refractivity contribution in [3.8, 4) is 0 Å². The maximum absolute atomic E-state index is 2.33. The molecule has 0 amide bonds. The molecule has 0 aliphatic heterocycles. The minimum Gasteiger partial charge on any atom is -0.0613 e. The standard InChI is InChI=1S/C14H12/c1-3-9-4-2-6-13-11-8-7-10(11)12(5-1)14(9)13/h1-6,10-11H,7-8H2. The zero-order chi connectivity index (χ0) is 9.12. The second kappa shape index (κ2) is 2.20. The predicted octanol–water partition coefficient (Wildman–Crippen LogP) is 3.81. The first-order valence-electron chi connectivity index (χ1n) is 5.47. The van der Waals surface area contributed by atoms with Gasteiger partial charge in [0.15, 0.2) is 0 Å². The molecule has 14 heavy (non-hydrogen) atoms. The Labute approximate surface area is 83.6 Å². The molecular formula is C14H12. The van der Waals surface area contributed by atoms with Crippen LogP contribution < -0.4 is 0 Å². The highest BCUT2D eigenvalue weighted by Gasteiger charge is 2.40. The van der Waals surface area contributed by atoms with Crippen LogP contribution >= 0.6 is 0 Å². The van der Waals surface area contributed by atoms with E-state index in [9.17, 15) is 0 Å². The molecule has 0 spiro atoms. The van der Waals surface area contributed by atoms with E-state index >= 15 is 0 Å². The van der Waals surface area contributed by atoms with Crippen molar-refractivity contribution in [3.05, 3.63) is 47.5 Å². The van der Waals surface area contributed by atoms with Crippen molar-refractivity contribution in [1.29, 1.82) is 0 Å². The summed E-state index contributed by atoms with van der Waals surface area (Å²) in [7, 11) is 0. The topological polar surface area (TPSA) is 0 Å². The molecule has 2 aliphatic carbocycles. The summed E-state index contributed by atoms with van der Waals surface area (Å²) in [6, 6.07) is 13.6. The van der Waals surface area contributed by atoms with Crippen LogP contribution in [0.4, 0.5) is 0 Å². The molecule has 0 aromatic heterocycles. The third kappa shape index (κ3) is 0.639. The first kappa shape index (κ1) is 7.05. The lowest BCUT2D eigenvalue weighted by atomic mass is 9.72. The Balaban J connectivity index is 2.22. The quantitative estimate of drug-likeness (QED) is 0.578. The minimum atomic E-state index is 0.857. The maximum atomic E-state index is 2.33. The summed E-state index contributed by atoms with van der Waals surface area (Å²) in [5, 5.41) is 3.01. The van der Waals surface area contributed by atoms with Crippen molar-refractivity contribution in [2.75, 3.05) is 0 Å². The van der Waals surface area contributed by atoms with E-state index in [0.717, 1.165) is 11.8 Å². The monoisotopic (exact) mass is 180 g/mol. The number of hydrogen-bond acceptors (Lipinski definition) is 0. The van der Waals surface area contributed by atoms with E-state index < -0.39 is 0 Å². The molecule has 2 aliphatic rings. The zero-order valence-corrected chi connectivity index (χ0v) is 8.03. The third-order valence-electron chi connectivity index (χ3n) is 4.04. The SMILES string of the molecule is c1cc2c3c(cccc3c1)C1CCC21. The summed E-state index contributed by atoms with van der Waals surface area (Å²) in [4.78, 5) is 0. The van der Waals surface area contributed by atoms with Gasteiger partial charge in [0.25, 0.3) is 0 Å². The van der Waals surface area contributed by atoms with Crippen LogP contribution in [0, 0.1) is 0 Å². The molecule has 1 fully saturated rings. The first-order chi connectivity index (χ1) is 6.95. The highest BCUT2D eigenvalue weighted by molar-refractivity contribution is 5.92. The van der Waals surface area contributed by atoms with Gasteiger partial charge in [-0.2, -0.15) is 0 Å². The summed E-state index contributed by atoms with van der Waals surface area (Å²) < 4.78 is 0. The fraction of sp³-hybridized carbons (Fsp3) is 0.286. The van der Waals surface area contributed by atoms with Crippen LogP contribution in [0.5, 0.6) is 0 Å². The lowest BCUT2D eigenvalue weighted by molar-refractivity contribution is 0.363. The first-order valence-corrected chi connectivity index (χ1v) is 5.47. The summed E-state index contributed by atoms with van der Waals surface area (Å²) >= 11 is 0. The number of benzene rings is 2. The fourth-order valence-electron chi connectivity index (χ4n) is 3.26. The van der Waals surface area contributed by atoms with Gasteiger partial charge in [0, 0.05) is 0 Å². The predicted molar refractivity (Wildman–Crippen MR) is 58.7 cm³/mol. The van der Waals surface area contributed by atoms with Gasteiger partial charge in [-0.3, -0.25) is 0 Å². The van der Waals surface area contributed by atoms with Crippen LogP contribution in [-0.2, 0) is 0 Å². The molecule has 0 N–H and O–H groups in total. The lowest BCUT2D eigenvalue weighted by Gasteiger charge is -2.31. The lowest BCUT2D eigenvalue weighted by Crippen LogP contribution is -2.16. The summed E-state index contributed by atoms with van der Waals surface area (Å²) in [6.45, 7) is 0. The van der Waals surface area contributed by atoms with E-state index in [1.54, 1.807) is 16.5 Å². The van der Waals surface area contributed by atoms with E-state index in [2.05, 4.69) is 36.4 Å². The number of hydrogen-bond donors (Lipinski definition) is 0. The third-order valence-corrected chi connectivity index (χ3v) is 4.04. The van der Waals surface area contributed by atoms with E-state index in [1.807, 2.05) is 0 Å². The molecule has 1 saturated carbocycles. The van der Waals surface area contributed by atoms with Gasteiger partial charge in [0.2, 0.25) is 0 Å². The van der Waals surface area contributed by atoms with Gasteiger partial charge in [-0.1, -0.05) is 36.4 Å². The normalized spacial score (nSPS) is 27.4. The van der Waals surface area contributed by atoms with Crippen molar-refractivity contribution >= 4 is 10.8 Å². The average molecular weight is 180 g/mol. The van der Waals surface area contributed by atoms with Crippen molar-refractivity contribution in [2.24, 2.45) is 0 Å². The molecular weight excluding hydrogens is 168 g/mol. The van der Waals surface area contributed by atoms with Crippen LogP contribution in [0.1, 0.15) is 35.8 Å². The van der Waals surface area contributed by atoms with Crippen molar-refractivity contribution in [3.63, 3.8) is 0 Å². The Kier molecular flexibility index (Phi) is 1.11. The minimum absolute atomic E-state index is 0.857. The highest BCUT2D eigenvalue weighted by atomic mass is 14.4. The maximum Gasteiger partial charge on any atom is -0.00864 e. The van der Waals surface area contributed by atoms with E-state index in [4.69, 9.17) is 0 Å². The Morgan fingerprint density at radius 2 is 1.36 bits per heavy atom. The Hall–Kier alpha value is -1.30. The number of fused-ring (bicyclic) bond motifs is 3. The smallest absolute Gasteiger partial charge is 0.00864 e. The molecule has 0 heterocycles. The van der Waals surface area contributed by atoms with E-state index in [-0.39, 0.29) is 0 Å². The van der Waals surface area contributed by atoms with Crippen molar-refractivity contribution < 1.29 is 0 Å². The molecule has 2 unspecified atom stereocenters. The molecule has 68 valence electrons. The summed E-state index contributed by atoms with van der Waals surface area (Å²) in [5.74, 6) is 1.71. The number of rotatable bonds is 0. The van der Waals surface area contributed by atoms with Crippen LogP contribution in [-0.4, -0.2) is 0 Å². The van der Waals surface area contributed by atoms with Gasteiger partial charge in [-0.15, -0.1) is 0 Å². The van der Waals surface area contributed by atoms with Gasteiger partial charge >= 0.3 is 0 Å². The second-order valence-corrected chi connectivity index (χ2v) is 4.58. The van der Waals surface area contributed by atoms with Crippen LogP contribution in [0.15, 0.2) is 36.4 Å². The second-order valence-electron chi connectivity index (χ2n) is 4.58. The average Bonchev–Trinajstić information content (AvgIpc) is 2.36. The van der Waals surface area contributed by atoms with Crippen molar-refractivity contribution in [1.82, 2.24) is 0 Å². The van der Waals surface area contributed by atoms with Crippen LogP contribution in [0.2, 0.25) is 0 Å². The molecule has 0 nitrogen and oxygen atoms in total. The van der Waals surface area contributed by atoms with Crippen LogP contribution in [0.25, 0.3) is 10.8 Å². The Morgan fingerprint density at radius 1 is 0.786 bits per heavy atom. The zero-order valence-electron chi connectivity index (χ0n) is 8.03. The van der Waals surface area contributed by atoms with Crippen LogP contribution in [0.3, 0.4) is 0 Å². The summed E-state index contributed by atoms with van der Waals surface area (Å²) in [5.41, 5.74) is 3.24. The largest absolute Gasteiger partial charge is 0.0613 e. The fourth-order valence-corrected chi connectivity index (χ4v) is 3.26. The summed E-state index contributed by atoms with van der Waals surface area (Å²) in [6.07, 6.45) is 2.80. The molecule has 4 rings (SSSR count). The molecule has 2 aromatic carbocycles. The van der Waals surface area contributed by atoms with Gasteiger partial charge in [-0.05, 0) is 46.6 Å². The van der Waals surface area contributed by atoms with Gasteiger partial charge < -0.3 is 0 Å². The van der Waals surface area contributed by atoms with Crippen molar-refractivity contribution in [2.45, 2.75) is 24.7 Å². The van der Waals surface area contributed by atoms with Gasteiger partial charge in [0.1, 0.15) is 0 Å². The van der Waals surface area contributed by atoms with Gasteiger partial charge in [-0.25, -0.2) is 0 Å². The molecule has 0 bridgehead atoms. The van der Waals surface area contributed by atoms with E-state index in [1.165, 1.54) is 18.2 Å². The Bertz CT molecular complexity index is 480. The van der Waals surface area contributed by atoms with E-state index in [0.29, 0.717) is 0 Å². The molecule has 0 radical (unpaired) electrons.